The van der Waals surface area contributed by atoms with E-state index in [0.29, 0.717) is 0 Å². The van der Waals surface area contributed by atoms with Crippen LogP contribution in [0.3, 0.4) is 0 Å². The van der Waals surface area contributed by atoms with Crippen LogP contribution in [-0.2, 0) is 4.79 Å². The number of carbonyl (C=O) groups is 1. The average Bonchev–Trinajstić information content (AvgIpc) is 0.811. The van der Waals surface area contributed by atoms with Crippen molar-refractivity contribution >= 4 is 5.78 Å². The van der Waals surface area contributed by atoms with Crippen LogP contribution in [0.4, 0.5) is 0 Å². The number of ketones is 1. The van der Waals surface area contributed by atoms with Crippen LogP contribution in [0.1, 0.15) is 13.8 Å². The van der Waals surface area contributed by atoms with Crippen molar-refractivity contribution in [2.75, 3.05) is 0 Å². The number of hydrogen-bond acceptors (Lipinski definition) is 1. The summed E-state index contributed by atoms with van der Waals surface area (Å²) in [5.41, 5.74) is 0. The number of rotatable bonds is 0. The zero-order valence-corrected chi connectivity index (χ0v) is 3.62. The number of hydrogen-bond donors (Lipinski definition) is 0. The molecule has 5 heavy (non-hydrogen) atoms. The minimum atomic E-state index is 0. The van der Waals surface area contributed by atoms with Crippen LogP contribution in [0.25, 0.3) is 0 Å². The predicted molar refractivity (Wildman–Crippen MR) is 21.7 cm³/mol. The predicted octanol–water partition coefficient (Wildman–Crippen LogP) is 0.923. The van der Waals surface area contributed by atoms with Gasteiger partial charge in [-0.05, 0) is 13.8 Å². The molecule has 1 nitrogen and oxygen atoms in total. The molecule has 0 saturated carbocycles. The molecule has 0 spiro atoms. The molecule has 0 fully saturated rings. The zero-order valence-electron chi connectivity index (χ0n) is 3.62. The molecule has 0 aliphatic rings. The lowest BCUT2D eigenvalue weighted by molar-refractivity contribution is -0.114. The van der Waals surface area contributed by atoms with Gasteiger partial charge in [-0.3, -0.25) is 0 Å². The summed E-state index contributed by atoms with van der Waals surface area (Å²) in [5.74, 6) is 0.167. The van der Waals surface area contributed by atoms with E-state index in [2.05, 4.69) is 0 Å². The summed E-state index contributed by atoms with van der Waals surface area (Å²) in [6.45, 7) is 3.06. The second-order valence-corrected chi connectivity index (χ2v) is 0.908. The monoisotopic (exact) mass is 72.1 g/mol. The van der Waals surface area contributed by atoms with Crippen LogP contribution in [0, 0.1) is 7.43 Å². The van der Waals surface area contributed by atoms with E-state index in [9.17, 15) is 4.79 Å². The second kappa shape index (κ2) is 3.67. The van der Waals surface area contributed by atoms with Crippen molar-refractivity contribution in [1.82, 2.24) is 0 Å². The molecule has 0 aromatic rings. The van der Waals surface area contributed by atoms with E-state index in [-0.39, 0.29) is 13.2 Å². The highest BCUT2D eigenvalue weighted by atomic mass is 16.1. The molecule has 0 N–H and O–H groups in total. The van der Waals surface area contributed by atoms with Gasteiger partial charge in [-0.25, -0.2) is 0 Å². The van der Waals surface area contributed by atoms with Crippen molar-refractivity contribution in [1.29, 1.82) is 0 Å². The third kappa shape index (κ3) is 94.0. The molecule has 0 bridgehead atoms. The fourth-order valence-corrected chi connectivity index (χ4v) is 0. The van der Waals surface area contributed by atoms with Crippen molar-refractivity contribution in [3.8, 4) is 0 Å². The standard InChI is InChI=1S/C3H6O.CH2/c1-3(2)4;/h1-2H3;1H2. The quantitative estimate of drug-likeness (QED) is 0.416. The van der Waals surface area contributed by atoms with Gasteiger partial charge in [-0.15, -0.1) is 0 Å². The first-order valence-electron chi connectivity index (χ1n) is 1.20. The molecule has 0 aromatic heterocycles. The lowest BCUT2D eigenvalue weighted by atomic mass is 10.6. The van der Waals surface area contributed by atoms with Gasteiger partial charge in [-0.2, -0.15) is 0 Å². The maximum Gasteiger partial charge on any atom is 0.126 e. The Morgan fingerprint density at radius 2 is 1.40 bits per heavy atom. The molecule has 0 aliphatic heterocycles. The average molecular weight is 72.1 g/mol. The molecule has 0 atom stereocenters. The molecule has 30 valence electrons. The van der Waals surface area contributed by atoms with Crippen molar-refractivity contribution in [3.05, 3.63) is 7.43 Å². The van der Waals surface area contributed by atoms with Crippen LogP contribution in [0.5, 0.6) is 0 Å². The second-order valence-electron chi connectivity index (χ2n) is 0.908. The Morgan fingerprint density at radius 1 is 1.40 bits per heavy atom. The molecule has 0 amide bonds. The Morgan fingerprint density at radius 3 is 1.40 bits per heavy atom. The Labute approximate surface area is 33.0 Å². The van der Waals surface area contributed by atoms with Crippen LogP contribution in [-0.4, -0.2) is 5.78 Å². The van der Waals surface area contributed by atoms with Gasteiger partial charge in [0.15, 0.2) is 0 Å². The maximum absolute atomic E-state index is 9.44. The SMILES string of the molecule is CC(C)=O.[CH2]. The van der Waals surface area contributed by atoms with E-state index in [0.717, 1.165) is 0 Å². The normalized spacial score (nSPS) is 5.20. The van der Waals surface area contributed by atoms with E-state index in [1.54, 1.807) is 0 Å². The molecule has 0 saturated heterocycles. The highest BCUT2D eigenvalue weighted by Crippen LogP contribution is 1.50. The van der Waals surface area contributed by atoms with E-state index in [4.69, 9.17) is 0 Å². The molecule has 2 radical (unpaired) electrons. The van der Waals surface area contributed by atoms with Gasteiger partial charge >= 0.3 is 0 Å². The topological polar surface area (TPSA) is 17.1 Å². The highest BCUT2D eigenvalue weighted by molar-refractivity contribution is 5.72. The van der Waals surface area contributed by atoms with Gasteiger partial charge in [0.2, 0.25) is 0 Å². The van der Waals surface area contributed by atoms with Gasteiger partial charge in [0.05, 0.1) is 0 Å². The van der Waals surface area contributed by atoms with Crippen LogP contribution >= 0.6 is 0 Å². The molecule has 1 heteroatoms. The van der Waals surface area contributed by atoms with Crippen molar-refractivity contribution in [3.63, 3.8) is 0 Å². The molecule has 0 aliphatic carbocycles. The lowest BCUT2D eigenvalue weighted by Gasteiger charge is -1.56. The summed E-state index contributed by atoms with van der Waals surface area (Å²) in [6, 6.07) is 0. The summed E-state index contributed by atoms with van der Waals surface area (Å²) < 4.78 is 0. The fourth-order valence-electron chi connectivity index (χ4n) is 0. The number of Topliss-reactive ketones (excluding diaryl/α,β-unsaturated/α-hetero) is 1. The van der Waals surface area contributed by atoms with Crippen molar-refractivity contribution in [2.45, 2.75) is 13.8 Å². The summed E-state index contributed by atoms with van der Waals surface area (Å²) >= 11 is 0. The summed E-state index contributed by atoms with van der Waals surface area (Å²) in [7, 11) is 0. The van der Waals surface area contributed by atoms with E-state index in [1.807, 2.05) is 0 Å². The smallest absolute Gasteiger partial charge is 0.126 e. The molecular weight excluding hydrogens is 64.0 g/mol. The molecule has 0 heterocycles. The van der Waals surface area contributed by atoms with Gasteiger partial charge in [0, 0.05) is 0 Å². The molecular formula is C4H8O. The van der Waals surface area contributed by atoms with Crippen molar-refractivity contribution < 1.29 is 4.79 Å². The summed E-state index contributed by atoms with van der Waals surface area (Å²) in [4.78, 5) is 9.44. The minimum absolute atomic E-state index is 0. The highest BCUT2D eigenvalue weighted by Gasteiger charge is 1.62. The first-order chi connectivity index (χ1) is 1.73. The molecule has 0 aromatic carbocycles. The largest absolute Gasteiger partial charge is 0.300 e. The Bertz CT molecular complexity index is 26.6. The Balaban J connectivity index is 0. The molecule has 0 rings (SSSR count). The van der Waals surface area contributed by atoms with Crippen LogP contribution in [0.15, 0.2) is 0 Å². The third-order valence-corrected chi connectivity index (χ3v) is 0. The maximum atomic E-state index is 9.44. The lowest BCUT2D eigenvalue weighted by Crippen LogP contribution is -1.69. The van der Waals surface area contributed by atoms with Gasteiger partial charge in [0.25, 0.3) is 0 Å². The zero-order chi connectivity index (χ0) is 3.58. The minimum Gasteiger partial charge on any atom is -0.300 e. The summed E-state index contributed by atoms with van der Waals surface area (Å²) in [6.07, 6.45) is 0. The third-order valence-electron chi connectivity index (χ3n) is 0. The molecule has 0 unspecified atom stereocenters. The van der Waals surface area contributed by atoms with E-state index < -0.39 is 0 Å². The first kappa shape index (κ1) is 8.82. The first-order valence-corrected chi connectivity index (χ1v) is 1.20. The van der Waals surface area contributed by atoms with E-state index in [1.165, 1.54) is 13.8 Å². The fraction of sp³-hybridized carbons (Fsp3) is 0.500. The van der Waals surface area contributed by atoms with E-state index >= 15 is 0 Å². The van der Waals surface area contributed by atoms with Crippen LogP contribution in [0.2, 0.25) is 0 Å². The Hall–Kier alpha value is -0.330. The number of carbonyl (C=O) groups excluding carboxylic acids is 1. The van der Waals surface area contributed by atoms with Gasteiger partial charge in [-0.1, -0.05) is 7.43 Å². The van der Waals surface area contributed by atoms with Crippen molar-refractivity contribution in [2.24, 2.45) is 0 Å². The summed E-state index contributed by atoms with van der Waals surface area (Å²) in [5, 5.41) is 0. The van der Waals surface area contributed by atoms with Gasteiger partial charge < -0.3 is 4.79 Å². The van der Waals surface area contributed by atoms with Crippen LogP contribution < -0.4 is 0 Å². The Kier molecular flexibility index (Phi) is 6.48. The van der Waals surface area contributed by atoms with Gasteiger partial charge in [0.1, 0.15) is 5.78 Å².